The molecule has 0 aliphatic carbocycles. The summed E-state index contributed by atoms with van der Waals surface area (Å²) in [6, 6.07) is 22.0. The zero-order chi connectivity index (χ0) is 23.4. The van der Waals surface area contributed by atoms with Gasteiger partial charge in [-0.05, 0) is 74.5 Å². The van der Waals surface area contributed by atoms with Gasteiger partial charge >= 0.3 is 0 Å². The summed E-state index contributed by atoms with van der Waals surface area (Å²) in [6.07, 6.45) is 0. The maximum atomic E-state index is 12.8. The highest BCUT2D eigenvalue weighted by Gasteiger charge is 2.22. The summed E-state index contributed by atoms with van der Waals surface area (Å²) in [5.41, 5.74) is 3.50. The van der Waals surface area contributed by atoms with Gasteiger partial charge in [0.2, 0.25) is 5.91 Å². The average molecular weight is 461 g/mol. The molecule has 1 unspecified atom stereocenters. The molecule has 0 aliphatic heterocycles. The molecule has 3 aromatic carbocycles. The maximum absolute atomic E-state index is 12.8. The molecular weight excluding hydrogens is 436 g/mol. The van der Waals surface area contributed by atoms with Gasteiger partial charge in [-0.2, -0.15) is 0 Å². The molecule has 1 atom stereocenters. The average Bonchev–Trinajstić information content (AvgIpc) is 3.24. The molecule has 168 valence electrons. The highest BCUT2D eigenvalue weighted by atomic mass is 32.2. The van der Waals surface area contributed by atoms with E-state index in [2.05, 4.69) is 15.5 Å². The molecule has 1 aromatic heterocycles. The third-order valence-corrected chi connectivity index (χ3v) is 6.10. The van der Waals surface area contributed by atoms with Crippen molar-refractivity contribution in [2.24, 2.45) is 0 Å². The van der Waals surface area contributed by atoms with Crippen LogP contribution in [0.15, 0.2) is 78.0 Å². The number of nitrogens with zero attached hydrogens (tertiary/aromatic N) is 3. The lowest BCUT2D eigenvalue weighted by atomic mass is 10.2. The van der Waals surface area contributed by atoms with E-state index >= 15 is 0 Å². The number of anilines is 1. The molecule has 7 nitrogen and oxygen atoms in total. The first-order valence-electron chi connectivity index (χ1n) is 10.4. The Balaban J connectivity index is 1.64. The molecule has 1 heterocycles. The van der Waals surface area contributed by atoms with Gasteiger partial charge < -0.3 is 15.2 Å². The maximum Gasteiger partial charge on any atom is 0.237 e. The van der Waals surface area contributed by atoms with Gasteiger partial charge in [0.05, 0.1) is 12.4 Å². The third-order valence-electron chi connectivity index (χ3n) is 5.06. The number of aromatic hydroxyl groups is 1. The minimum Gasteiger partial charge on any atom is -0.508 e. The molecular formula is C25H24N4O3S. The first-order valence-corrected chi connectivity index (χ1v) is 11.3. The van der Waals surface area contributed by atoms with Gasteiger partial charge in [-0.1, -0.05) is 29.5 Å². The van der Waals surface area contributed by atoms with Crippen molar-refractivity contribution in [3.05, 3.63) is 78.4 Å². The van der Waals surface area contributed by atoms with Crippen molar-refractivity contribution in [1.29, 1.82) is 0 Å². The lowest BCUT2D eigenvalue weighted by Crippen LogP contribution is -2.22. The second-order valence-corrected chi connectivity index (χ2v) is 8.81. The van der Waals surface area contributed by atoms with Crippen molar-refractivity contribution in [3.8, 4) is 28.6 Å². The van der Waals surface area contributed by atoms with Gasteiger partial charge in [0.15, 0.2) is 11.0 Å². The Labute approximate surface area is 196 Å². The van der Waals surface area contributed by atoms with Crippen molar-refractivity contribution in [1.82, 2.24) is 14.8 Å². The number of benzene rings is 3. The van der Waals surface area contributed by atoms with E-state index in [1.807, 2.05) is 66.9 Å². The fourth-order valence-corrected chi connectivity index (χ4v) is 4.07. The monoisotopic (exact) mass is 460 g/mol. The predicted octanol–water partition coefficient (Wildman–Crippen LogP) is 5.08. The number of thioether (sulfide) groups is 1. The van der Waals surface area contributed by atoms with E-state index in [0.717, 1.165) is 28.3 Å². The van der Waals surface area contributed by atoms with Gasteiger partial charge in [-0.15, -0.1) is 10.2 Å². The highest BCUT2D eigenvalue weighted by Crippen LogP contribution is 2.31. The summed E-state index contributed by atoms with van der Waals surface area (Å²) in [5.74, 6) is 1.39. The number of aromatic nitrogens is 3. The van der Waals surface area contributed by atoms with Crippen molar-refractivity contribution < 1.29 is 14.6 Å². The lowest BCUT2D eigenvalue weighted by Gasteiger charge is -2.14. The Morgan fingerprint density at radius 3 is 2.30 bits per heavy atom. The van der Waals surface area contributed by atoms with E-state index in [1.165, 1.54) is 11.8 Å². The third kappa shape index (κ3) is 5.18. The van der Waals surface area contributed by atoms with Gasteiger partial charge in [0, 0.05) is 16.9 Å². The first-order chi connectivity index (χ1) is 15.9. The number of carbonyl (C=O) groups is 1. The molecule has 4 rings (SSSR count). The van der Waals surface area contributed by atoms with Gasteiger partial charge in [0.25, 0.3) is 0 Å². The fraction of sp³-hybridized carbons (Fsp3) is 0.160. The Morgan fingerprint density at radius 2 is 1.67 bits per heavy atom. The highest BCUT2D eigenvalue weighted by molar-refractivity contribution is 8.00. The van der Waals surface area contributed by atoms with E-state index in [9.17, 15) is 9.90 Å². The number of amides is 1. The molecule has 0 saturated carbocycles. The summed E-state index contributed by atoms with van der Waals surface area (Å²) in [4.78, 5) is 12.8. The standard InChI is InChI=1S/C25H24N4O3S/c1-16-4-8-19(9-5-16)26-24(31)17(2)33-25-28-27-23(18-6-12-21(30)13-7-18)29(25)20-10-14-22(32-3)15-11-20/h4-15,17,30H,1-3H3,(H,26,31). The first kappa shape index (κ1) is 22.4. The second-order valence-electron chi connectivity index (χ2n) is 7.50. The molecule has 0 bridgehead atoms. The molecule has 0 aliphatic rings. The van der Waals surface area contributed by atoms with Crippen LogP contribution in [0.1, 0.15) is 12.5 Å². The molecule has 0 saturated heterocycles. The summed E-state index contributed by atoms with van der Waals surface area (Å²) in [7, 11) is 1.62. The Bertz CT molecular complexity index is 1240. The number of ether oxygens (including phenoxy) is 1. The molecule has 2 N–H and O–H groups in total. The van der Waals surface area contributed by atoms with E-state index in [1.54, 1.807) is 31.4 Å². The number of rotatable bonds is 7. The Hall–Kier alpha value is -3.78. The SMILES string of the molecule is COc1ccc(-n2c(SC(C)C(=O)Nc3ccc(C)cc3)nnc2-c2ccc(O)cc2)cc1. The van der Waals surface area contributed by atoms with Crippen LogP contribution in [0.5, 0.6) is 11.5 Å². The van der Waals surface area contributed by atoms with Gasteiger partial charge in [0.1, 0.15) is 11.5 Å². The van der Waals surface area contributed by atoms with Crippen LogP contribution in [-0.2, 0) is 4.79 Å². The van der Waals surface area contributed by atoms with Crippen LogP contribution >= 0.6 is 11.8 Å². The van der Waals surface area contributed by atoms with Crippen molar-refractivity contribution in [2.75, 3.05) is 12.4 Å². The van der Waals surface area contributed by atoms with Crippen molar-refractivity contribution in [3.63, 3.8) is 0 Å². The molecule has 0 spiro atoms. The van der Waals surface area contributed by atoms with E-state index in [0.29, 0.717) is 11.0 Å². The minimum absolute atomic E-state index is 0.126. The number of hydrogen-bond donors (Lipinski definition) is 2. The van der Waals surface area contributed by atoms with Gasteiger partial charge in [-0.3, -0.25) is 9.36 Å². The largest absolute Gasteiger partial charge is 0.508 e. The number of nitrogens with one attached hydrogen (secondary N) is 1. The van der Waals surface area contributed by atoms with Gasteiger partial charge in [-0.25, -0.2) is 0 Å². The van der Waals surface area contributed by atoms with Crippen LogP contribution in [0.3, 0.4) is 0 Å². The minimum atomic E-state index is -0.417. The number of aryl methyl sites for hydroxylation is 1. The topological polar surface area (TPSA) is 89.3 Å². The van der Waals surface area contributed by atoms with Crippen LogP contribution in [0.25, 0.3) is 17.1 Å². The van der Waals surface area contributed by atoms with Crippen LogP contribution in [0.4, 0.5) is 5.69 Å². The summed E-state index contributed by atoms with van der Waals surface area (Å²) in [6.45, 7) is 3.84. The van der Waals surface area contributed by atoms with Crippen LogP contribution < -0.4 is 10.1 Å². The number of hydrogen-bond acceptors (Lipinski definition) is 6. The van der Waals surface area contributed by atoms with Crippen LogP contribution in [0.2, 0.25) is 0 Å². The second kappa shape index (κ2) is 9.79. The zero-order valence-electron chi connectivity index (χ0n) is 18.5. The number of phenols is 1. The Morgan fingerprint density at radius 1 is 1.00 bits per heavy atom. The van der Waals surface area contributed by atoms with E-state index in [-0.39, 0.29) is 11.7 Å². The molecule has 0 fully saturated rings. The Kier molecular flexibility index (Phi) is 6.65. The normalized spacial score (nSPS) is 11.7. The molecule has 8 heteroatoms. The fourth-order valence-electron chi connectivity index (χ4n) is 3.20. The zero-order valence-corrected chi connectivity index (χ0v) is 19.3. The van der Waals surface area contributed by atoms with E-state index in [4.69, 9.17) is 4.74 Å². The number of methoxy groups -OCH3 is 1. The molecule has 4 aromatic rings. The van der Waals surface area contributed by atoms with Crippen molar-refractivity contribution in [2.45, 2.75) is 24.3 Å². The van der Waals surface area contributed by atoms with E-state index < -0.39 is 5.25 Å². The quantitative estimate of drug-likeness (QED) is 0.374. The number of carbonyl (C=O) groups excluding carboxylic acids is 1. The summed E-state index contributed by atoms with van der Waals surface area (Å²) < 4.78 is 7.17. The van der Waals surface area contributed by atoms with Crippen LogP contribution in [-0.4, -0.2) is 38.1 Å². The molecule has 33 heavy (non-hydrogen) atoms. The predicted molar refractivity (Wildman–Crippen MR) is 130 cm³/mol. The van der Waals surface area contributed by atoms with Crippen molar-refractivity contribution >= 4 is 23.4 Å². The number of phenolic OH excluding ortho intramolecular Hbond substituents is 1. The van der Waals surface area contributed by atoms with Crippen LogP contribution in [0, 0.1) is 6.92 Å². The lowest BCUT2D eigenvalue weighted by molar-refractivity contribution is -0.115. The molecule has 0 radical (unpaired) electrons. The molecule has 1 amide bonds. The summed E-state index contributed by atoms with van der Waals surface area (Å²) in [5, 5.41) is 21.5. The smallest absolute Gasteiger partial charge is 0.237 e. The summed E-state index contributed by atoms with van der Waals surface area (Å²) >= 11 is 1.32.